The standard InChI is InChI=1S/C22H20N2O5/c1-13-11-17(16-5-3-4-6-18(16)23-13)22(26)29-14(2)21(25)24-15-7-8-19-20(12-15)28-10-9-27-19/h3-8,11-12,14H,9-10H2,1-2H3,(H,24,25)/t14-/m1/s1. The minimum absolute atomic E-state index is 0.382. The summed E-state index contributed by atoms with van der Waals surface area (Å²) in [5.74, 6) is 0.188. The van der Waals surface area contributed by atoms with E-state index in [2.05, 4.69) is 10.3 Å². The second-order valence-electron chi connectivity index (χ2n) is 6.72. The normalized spacial score (nSPS) is 13.6. The first kappa shape index (κ1) is 18.7. The van der Waals surface area contributed by atoms with Crippen molar-refractivity contribution in [1.82, 2.24) is 4.98 Å². The molecule has 0 spiro atoms. The summed E-state index contributed by atoms with van der Waals surface area (Å²) in [5, 5.41) is 3.42. The summed E-state index contributed by atoms with van der Waals surface area (Å²) < 4.78 is 16.4. The van der Waals surface area contributed by atoms with E-state index in [9.17, 15) is 9.59 Å². The maximum absolute atomic E-state index is 12.7. The molecule has 7 nitrogen and oxygen atoms in total. The number of ether oxygens (including phenoxy) is 3. The molecule has 4 rings (SSSR count). The molecule has 2 heterocycles. The molecular formula is C22H20N2O5. The average Bonchev–Trinajstić information content (AvgIpc) is 2.72. The molecular weight excluding hydrogens is 372 g/mol. The number of anilines is 1. The van der Waals surface area contributed by atoms with Gasteiger partial charge in [-0.3, -0.25) is 9.78 Å². The molecule has 0 radical (unpaired) electrons. The average molecular weight is 392 g/mol. The van der Waals surface area contributed by atoms with Crippen molar-refractivity contribution in [2.24, 2.45) is 0 Å². The highest BCUT2D eigenvalue weighted by Gasteiger charge is 2.22. The van der Waals surface area contributed by atoms with Gasteiger partial charge in [0.25, 0.3) is 5.91 Å². The predicted molar refractivity (Wildman–Crippen MR) is 107 cm³/mol. The Morgan fingerprint density at radius 1 is 1.07 bits per heavy atom. The number of aryl methyl sites for hydroxylation is 1. The number of hydrogen-bond donors (Lipinski definition) is 1. The number of para-hydroxylation sites is 1. The maximum atomic E-state index is 12.7. The molecule has 1 aromatic heterocycles. The van der Waals surface area contributed by atoms with Crippen molar-refractivity contribution < 1.29 is 23.8 Å². The fourth-order valence-electron chi connectivity index (χ4n) is 3.12. The Kier molecular flexibility index (Phi) is 5.03. The third kappa shape index (κ3) is 3.99. The topological polar surface area (TPSA) is 86.8 Å². The third-order valence-corrected chi connectivity index (χ3v) is 4.53. The summed E-state index contributed by atoms with van der Waals surface area (Å²) in [6.45, 7) is 4.29. The summed E-state index contributed by atoms with van der Waals surface area (Å²) >= 11 is 0. The number of rotatable bonds is 4. The Balaban J connectivity index is 1.47. The first-order valence-corrected chi connectivity index (χ1v) is 9.29. The number of esters is 1. The number of hydrogen-bond acceptors (Lipinski definition) is 6. The van der Waals surface area contributed by atoms with Gasteiger partial charge in [0.05, 0.1) is 11.1 Å². The molecule has 0 saturated heterocycles. The van der Waals surface area contributed by atoms with E-state index in [0.717, 1.165) is 0 Å². The van der Waals surface area contributed by atoms with Gasteiger partial charge in [0.15, 0.2) is 17.6 Å². The van der Waals surface area contributed by atoms with E-state index in [1.165, 1.54) is 6.92 Å². The van der Waals surface area contributed by atoms with Crippen LogP contribution in [0.15, 0.2) is 48.5 Å². The van der Waals surface area contributed by atoms with Crippen LogP contribution in [0.1, 0.15) is 23.0 Å². The molecule has 1 N–H and O–H groups in total. The second-order valence-corrected chi connectivity index (χ2v) is 6.72. The van der Waals surface area contributed by atoms with E-state index < -0.39 is 18.0 Å². The molecule has 148 valence electrons. The Bertz CT molecular complexity index is 1100. The van der Waals surface area contributed by atoms with E-state index in [1.807, 2.05) is 18.2 Å². The third-order valence-electron chi connectivity index (χ3n) is 4.53. The van der Waals surface area contributed by atoms with Gasteiger partial charge in [-0.2, -0.15) is 0 Å². The van der Waals surface area contributed by atoms with Gasteiger partial charge < -0.3 is 19.5 Å². The lowest BCUT2D eigenvalue weighted by molar-refractivity contribution is -0.123. The first-order valence-electron chi connectivity index (χ1n) is 9.29. The van der Waals surface area contributed by atoms with Crippen molar-refractivity contribution in [1.29, 1.82) is 0 Å². The fourth-order valence-corrected chi connectivity index (χ4v) is 3.12. The van der Waals surface area contributed by atoms with Crippen LogP contribution in [-0.4, -0.2) is 36.2 Å². The van der Waals surface area contributed by atoms with Crippen LogP contribution in [0, 0.1) is 6.92 Å². The first-order chi connectivity index (χ1) is 14.0. The highest BCUT2D eigenvalue weighted by atomic mass is 16.6. The highest BCUT2D eigenvalue weighted by molar-refractivity contribution is 6.05. The zero-order valence-electron chi connectivity index (χ0n) is 16.1. The predicted octanol–water partition coefficient (Wildman–Crippen LogP) is 3.50. The monoisotopic (exact) mass is 392 g/mol. The number of nitrogens with zero attached hydrogens (tertiary/aromatic N) is 1. The molecule has 0 unspecified atom stereocenters. The van der Waals surface area contributed by atoms with Crippen molar-refractivity contribution in [2.45, 2.75) is 20.0 Å². The van der Waals surface area contributed by atoms with Gasteiger partial charge in [-0.1, -0.05) is 18.2 Å². The van der Waals surface area contributed by atoms with Crippen LogP contribution in [0.3, 0.4) is 0 Å². The van der Waals surface area contributed by atoms with Crippen LogP contribution in [0.2, 0.25) is 0 Å². The SMILES string of the molecule is Cc1cc(C(=O)O[C@H](C)C(=O)Nc2ccc3c(c2)OCCO3)c2ccccc2n1. The number of amides is 1. The molecule has 1 aliphatic rings. The molecule has 1 aliphatic heterocycles. The number of benzene rings is 2. The Hall–Kier alpha value is -3.61. The van der Waals surface area contributed by atoms with Crippen LogP contribution >= 0.6 is 0 Å². The number of nitrogens with one attached hydrogen (secondary N) is 1. The summed E-state index contributed by atoms with van der Waals surface area (Å²) in [4.78, 5) is 29.6. The van der Waals surface area contributed by atoms with Crippen LogP contribution in [0.5, 0.6) is 11.5 Å². The van der Waals surface area contributed by atoms with Crippen molar-refractivity contribution in [3.05, 3.63) is 59.8 Å². The molecule has 0 aliphatic carbocycles. The van der Waals surface area contributed by atoms with Gasteiger partial charge in [-0.15, -0.1) is 0 Å². The lowest BCUT2D eigenvalue weighted by Crippen LogP contribution is -2.30. The smallest absolute Gasteiger partial charge is 0.339 e. The van der Waals surface area contributed by atoms with Crippen molar-refractivity contribution in [3.8, 4) is 11.5 Å². The number of fused-ring (bicyclic) bond motifs is 2. The minimum atomic E-state index is -0.983. The van der Waals surface area contributed by atoms with Gasteiger partial charge in [0, 0.05) is 22.8 Å². The van der Waals surface area contributed by atoms with Gasteiger partial charge in [0.2, 0.25) is 0 Å². The van der Waals surface area contributed by atoms with E-state index in [0.29, 0.717) is 52.6 Å². The number of aromatic nitrogens is 1. The molecule has 0 saturated carbocycles. The largest absolute Gasteiger partial charge is 0.486 e. The van der Waals surface area contributed by atoms with Crippen molar-refractivity contribution >= 4 is 28.5 Å². The molecule has 0 bridgehead atoms. The van der Waals surface area contributed by atoms with Gasteiger partial charge in [-0.05, 0) is 38.1 Å². The summed E-state index contributed by atoms with van der Waals surface area (Å²) in [7, 11) is 0. The lowest BCUT2D eigenvalue weighted by atomic mass is 10.1. The van der Waals surface area contributed by atoms with E-state index in [-0.39, 0.29) is 0 Å². The lowest BCUT2D eigenvalue weighted by Gasteiger charge is -2.19. The molecule has 29 heavy (non-hydrogen) atoms. The number of carbonyl (C=O) groups excluding carboxylic acids is 2. The van der Waals surface area contributed by atoms with Crippen LogP contribution in [0.4, 0.5) is 5.69 Å². The minimum Gasteiger partial charge on any atom is -0.486 e. The zero-order valence-corrected chi connectivity index (χ0v) is 16.1. The summed E-state index contributed by atoms with van der Waals surface area (Å²) in [6, 6.07) is 14.1. The van der Waals surface area contributed by atoms with Gasteiger partial charge in [0.1, 0.15) is 13.2 Å². The molecule has 2 aromatic carbocycles. The molecule has 7 heteroatoms. The Morgan fingerprint density at radius 2 is 1.83 bits per heavy atom. The van der Waals surface area contributed by atoms with Crippen LogP contribution in [0.25, 0.3) is 10.9 Å². The van der Waals surface area contributed by atoms with Crippen LogP contribution in [-0.2, 0) is 9.53 Å². The van der Waals surface area contributed by atoms with Gasteiger partial charge >= 0.3 is 5.97 Å². The van der Waals surface area contributed by atoms with Crippen molar-refractivity contribution in [2.75, 3.05) is 18.5 Å². The molecule has 0 fully saturated rings. The van der Waals surface area contributed by atoms with Gasteiger partial charge in [-0.25, -0.2) is 4.79 Å². The summed E-state index contributed by atoms with van der Waals surface area (Å²) in [6.07, 6.45) is -0.983. The maximum Gasteiger partial charge on any atom is 0.339 e. The Labute approximate surface area is 167 Å². The number of carbonyl (C=O) groups is 2. The quantitative estimate of drug-likeness (QED) is 0.684. The van der Waals surface area contributed by atoms with Crippen LogP contribution < -0.4 is 14.8 Å². The van der Waals surface area contributed by atoms with Crippen molar-refractivity contribution in [3.63, 3.8) is 0 Å². The van der Waals surface area contributed by atoms with E-state index >= 15 is 0 Å². The highest BCUT2D eigenvalue weighted by Crippen LogP contribution is 2.32. The molecule has 1 atom stereocenters. The fraction of sp³-hybridized carbons (Fsp3) is 0.227. The Morgan fingerprint density at radius 3 is 2.66 bits per heavy atom. The molecule has 3 aromatic rings. The number of pyridine rings is 1. The second kappa shape index (κ2) is 7.79. The zero-order chi connectivity index (χ0) is 20.4. The van der Waals surface area contributed by atoms with E-state index in [1.54, 1.807) is 37.3 Å². The molecule has 1 amide bonds. The van der Waals surface area contributed by atoms with E-state index in [4.69, 9.17) is 14.2 Å². The summed E-state index contributed by atoms with van der Waals surface area (Å²) in [5.41, 5.74) is 2.32.